The number of benzene rings is 1. The molecule has 3 N–H and O–H groups in total. The number of hydrogen-bond donors (Lipinski definition) is 3. The minimum absolute atomic E-state index is 0.0555. The van der Waals surface area contributed by atoms with Crippen molar-refractivity contribution in [3.8, 4) is 0 Å². The van der Waals surface area contributed by atoms with Gasteiger partial charge in [-0.1, -0.05) is 38.1 Å². The summed E-state index contributed by atoms with van der Waals surface area (Å²) in [6.07, 6.45) is -2.84. The second kappa shape index (κ2) is 9.63. The molecule has 0 aliphatic heterocycles. The van der Waals surface area contributed by atoms with Crippen LogP contribution in [-0.4, -0.2) is 52.3 Å². The molecule has 1 saturated carbocycles. The van der Waals surface area contributed by atoms with Crippen LogP contribution in [0, 0.1) is 5.92 Å². The first-order valence-corrected chi connectivity index (χ1v) is 12.0. The molecular weight excluding hydrogens is 473 g/mol. The monoisotopic (exact) mass is 504 g/mol. The van der Waals surface area contributed by atoms with Gasteiger partial charge in [0.1, 0.15) is 0 Å². The lowest BCUT2D eigenvalue weighted by Crippen LogP contribution is -2.43. The van der Waals surface area contributed by atoms with E-state index in [-0.39, 0.29) is 23.6 Å². The average molecular weight is 505 g/mol. The van der Waals surface area contributed by atoms with Gasteiger partial charge in [0, 0.05) is 30.5 Å². The standard InChI is InChI=1S/C26H31F3N4O3/c1-25(2)19-7-5-4-6-15(19)13-21(25)31-18-10-11-20(30-14-18)22(26(27,28)29)33(3)23(34)16-8-9-17(12-16)32-24(35)36/h4-7,10-11,14,16-17,21-22,31-32H,8-9,12-13H2,1-3H3,(H,35,36)/t16-,17+,21-,22?/m0/s1. The van der Waals surface area contributed by atoms with Crippen LogP contribution >= 0.6 is 0 Å². The third kappa shape index (κ3) is 5.12. The molecule has 7 nitrogen and oxygen atoms in total. The number of rotatable bonds is 6. The molecule has 4 atom stereocenters. The number of pyridine rings is 1. The van der Waals surface area contributed by atoms with Gasteiger partial charge in [0.15, 0.2) is 6.04 Å². The van der Waals surface area contributed by atoms with E-state index < -0.39 is 36.2 Å². The Bertz CT molecular complexity index is 1120. The van der Waals surface area contributed by atoms with Crippen LogP contribution < -0.4 is 10.6 Å². The van der Waals surface area contributed by atoms with Crippen molar-refractivity contribution in [3.63, 3.8) is 0 Å². The molecule has 2 aliphatic carbocycles. The molecule has 0 radical (unpaired) electrons. The van der Waals surface area contributed by atoms with Crippen LogP contribution in [0.5, 0.6) is 0 Å². The molecule has 1 aromatic carbocycles. The summed E-state index contributed by atoms with van der Waals surface area (Å²) < 4.78 is 42.3. The Morgan fingerprint density at radius 3 is 2.50 bits per heavy atom. The summed E-state index contributed by atoms with van der Waals surface area (Å²) >= 11 is 0. The van der Waals surface area contributed by atoms with Crippen LogP contribution in [0.3, 0.4) is 0 Å². The first kappa shape index (κ1) is 25.8. The third-order valence-electron chi connectivity index (χ3n) is 7.57. The van der Waals surface area contributed by atoms with Crippen molar-refractivity contribution >= 4 is 17.7 Å². The quantitative estimate of drug-likeness (QED) is 0.521. The van der Waals surface area contributed by atoms with Crippen molar-refractivity contribution < 1.29 is 27.9 Å². The Morgan fingerprint density at radius 2 is 1.89 bits per heavy atom. The molecule has 36 heavy (non-hydrogen) atoms. The summed E-state index contributed by atoms with van der Waals surface area (Å²) in [5.74, 6) is -1.34. The van der Waals surface area contributed by atoms with Gasteiger partial charge in [0.2, 0.25) is 5.91 Å². The molecule has 0 spiro atoms. The number of aromatic nitrogens is 1. The minimum atomic E-state index is -4.72. The molecule has 2 aromatic rings. The van der Waals surface area contributed by atoms with E-state index in [4.69, 9.17) is 5.11 Å². The lowest BCUT2D eigenvalue weighted by Gasteiger charge is -2.32. The summed E-state index contributed by atoms with van der Waals surface area (Å²) in [5.41, 5.74) is 2.67. The lowest BCUT2D eigenvalue weighted by molar-refractivity contribution is -0.191. The zero-order chi connectivity index (χ0) is 26.3. The van der Waals surface area contributed by atoms with E-state index in [1.165, 1.54) is 23.4 Å². The van der Waals surface area contributed by atoms with Gasteiger partial charge in [-0.05, 0) is 48.9 Å². The number of hydrogen-bond acceptors (Lipinski definition) is 4. The molecule has 1 aromatic heterocycles. The highest BCUT2D eigenvalue weighted by Crippen LogP contribution is 2.41. The Kier molecular flexibility index (Phi) is 6.90. The number of anilines is 1. The summed E-state index contributed by atoms with van der Waals surface area (Å²) in [6.45, 7) is 4.27. The molecule has 4 rings (SSSR count). The van der Waals surface area contributed by atoms with Gasteiger partial charge in [-0.2, -0.15) is 13.2 Å². The number of carbonyl (C=O) groups is 2. The van der Waals surface area contributed by atoms with Crippen molar-refractivity contribution in [2.75, 3.05) is 12.4 Å². The molecule has 194 valence electrons. The van der Waals surface area contributed by atoms with Gasteiger partial charge in [0.25, 0.3) is 0 Å². The minimum Gasteiger partial charge on any atom is -0.465 e. The molecule has 0 bridgehead atoms. The number of alkyl halides is 3. The van der Waals surface area contributed by atoms with Crippen LogP contribution in [0.2, 0.25) is 0 Å². The molecule has 1 fully saturated rings. The normalized spacial score (nSPS) is 23.6. The molecular formula is C26H31F3N4O3. The molecule has 0 saturated heterocycles. The average Bonchev–Trinajstić information content (AvgIpc) is 3.35. The molecule has 10 heteroatoms. The number of halogens is 3. The summed E-state index contributed by atoms with van der Waals surface area (Å²) in [4.78, 5) is 28.6. The summed E-state index contributed by atoms with van der Waals surface area (Å²) in [6, 6.07) is 8.49. The Morgan fingerprint density at radius 1 is 1.17 bits per heavy atom. The number of nitrogens with one attached hydrogen (secondary N) is 2. The Labute approximate surface area is 208 Å². The van der Waals surface area contributed by atoms with Gasteiger partial charge in [-0.15, -0.1) is 0 Å². The predicted octanol–water partition coefficient (Wildman–Crippen LogP) is 4.89. The fourth-order valence-electron chi connectivity index (χ4n) is 5.59. The zero-order valence-corrected chi connectivity index (χ0v) is 20.5. The summed E-state index contributed by atoms with van der Waals surface area (Å²) in [7, 11) is 1.13. The second-order valence-corrected chi connectivity index (χ2v) is 10.3. The maximum absolute atomic E-state index is 14.1. The van der Waals surface area contributed by atoms with Crippen molar-refractivity contribution in [2.45, 2.75) is 69.2 Å². The van der Waals surface area contributed by atoms with E-state index >= 15 is 0 Å². The van der Waals surface area contributed by atoms with E-state index in [0.29, 0.717) is 23.4 Å². The highest BCUT2D eigenvalue weighted by Gasteiger charge is 2.48. The molecule has 1 heterocycles. The second-order valence-electron chi connectivity index (χ2n) is 10.3. The van der Waals surface area contributed by atoms with Gasteiger partial charge in [-0.25, -0.2) is 4.79 Å². The topological polar surface area (TPSA) is 94.6 Å². The van der Waals surface area contributed by atoms with Crippen LogP contribution in [0.15, 0.2) is 42.6 Å². The van der Waals surface area contributed by atoms with Crippen molar-refractivity contribution in [3.05, 3.63) is 59.4 Å². The van der Waals surface area contributed by atoms with E-state index in [1.54, 1.807) is 6.07 Å². The van der Waals surface area contributed by atoms with E-state index in [2.05, 4.69) is 41.6 Å². The molecule has 2 aliphatic rings. The van der Waals surface area contributed by atoms with Gasteiger partial charge < -0.3 is 20.6 Å². The highest BCUT2D eigenvalue weighted by atomic mass is 19.4. The van der Waals surface area contributed by atoms with Gasteiger partial charge in [-0.3, -0.25) is 9.78 Å². The number of nitrogens with zero attached hydrogens (tertiary/aromatic N) is 2. The first-order valence-electron chi connectivity index (χ1n) is 12.0. The van der Waals surface area contributed by atoms with Crippen LogP contribution in [0.1, 0.15) is 56.0 Å². The van der Waals surface area contributed by atoms with Crippen molar-refractivity contribution in [2.24, 2.45) is 5.92 Å². The number of amides is 2. The first-order chi connectivity index (χ1) is 16.9. The third-order valence-corrected chi connectivity index (χ3v) is 7.57. The maximum atomic E-state index is 14.1. The largest absolute Gasteiger partial charge is 0.465 e. The van der Waals surface area contributed by atoms with E-state index in [9.17, 15) is 22.8 Å². The number of carbonyl (C=O) groups excluding carboxylic acids is 1. The number of fused-ring (bicyclic) bond motifs is 1. The molecule has 2 amide bonds. The lowest BCUT2D eigenvalue weighted by atomic mass is 9.83. The van der Waals surface area contributed by atoms with Crippen LogP contribution in [0.25, 0.3) is 0 Å². The van der Waals surface area contributed by atoms with Crippen molar-refractivity contribution in [1.29, 1.82) is 0 Å². The highest BCUT2D eigenvalue weighted by molar-refractivity contribution is 5.79. The summed E-state index contributed by atoms with van der Waals surface area (Å²) in [5, 5.41) is 14.6. The van der Waals surface area contributed by atoms with E-state index in [0.717, 1.165) is 13.5 Å². The fourth-order valence-corrected chi connectivity index (χ4v) is 5.59. The number of carboxylic acid groups (broad SMARTS) is 1. The fraction of sp³-hybridized carbons (Fsp3) is 0.500. The Balaban J connectivity index is 1.48. The zero-order valence-electron chi connectivity index (χ0n) is 20.5. The predicted molar refractivity (Wildman–Crippen MR) is 129 cm³/mol. The SMILES string of the molecule is CN(C(=O)[C@H]1CC[C@@H](NC(=O)O)C1)C(c1ccc(N[C@H]2Cc3ccccc3C2(C)C)cn1)C(F)(F)F. The Hall–Kier alpha value is -3.30. The molecule has 1 unspecified atom stereocenters. The van der Waals surface area contributed by atoms with Crippen LogP contribution in [-0.2, 0) is 16.6 Å². The van der Waals surface area contributed by atoms with Gasteiger partial charge >= 0.3 is 12.3 Å². The maximum Gasteiger partial charge on any atom is 0.414 e. The van der Waals surface area contributed by atoms with Gasteiger partial charge in [0.05, 0.1) is 17.6 Å². The van der Waals surface area contributed by atoms with Crippen molar-refractivity contribution in [1.82, 2.24) is 15.2 Å². The smallest absolute Gasteiger partial charge is 0.414 e. The van der Waals surface area contributed by atoms with Crippen LogP contribution in [0.4, 0.5) is 23.7 Å². The van der Waals surface area contributed by atoms with E-state index in [1.807, 2.05) is 12.1 Å².